The van der Waals surface area contributed by atoms with E-state index in [9.17, 15) is 0 Å². The molecule has 1 aromatic rings. The fourth-order valence-corrected chi connectivity index (χ4v) is 0.453. The van der Waals surface area contributed by atoms with Gasteiger partial charge in [0.05, 0.1) is 0 Å². The predicted molar refractivity (Wildman–Crippen MR) is 48.4 cm³/mol. The molecule has 9 heavy (non-hydrogen) atoms. The monoisotopic (exact) mass is 209 g/mol. The van der Waals surface area contributed by atoms with Gasteiger partial charge < -0.3 is 5.73 Å². The first-order valence-corrected chi connectivity index (χ1v) is 2.20. The summed E-state index contributed by atoms with van der Waals surface area (Å²) in [5, 5.41) is 0. The molecule has 0 heterocycles. The molecule has 0 saturated heterocycles. The molecule has 0 radical (unpaired) electrons. The summed E-state index contributed by atoms with van der Waals surface area (Å²) in [6.45, 7) is 0. The highest BCUT2D eigenvalue weighted by molar-refractivity contribution is 8.93. The van der Waals surface area contributed by atoms with Gasteiger partial charge in [-0.1, -0.05) is 18.2 Å². The van der Waals surface area contributed by atoms with Gasteiger partial charge in [-0.15, -0.1) is 29.4 Å². The van der Waals surface area contributed by atoms with Gasteiger partial charge in [0, 0.05) is 5.69 Å². The van der Waals surface area contributed by atoms with Crippen LogP contribution in [-0.4, -0.2) is 0 Å². The Bertz CT molecular complexity index is 143. The van der Waals surface area contributed by atoms with Crippen molar-refractivity contribution in [3.05, 3.63) is 30.3 Å². The summed E-state index contributed by atoms with van der Waals surface area (Å²) in [5.41, 5.74) is 6.18. The van der Waals surface area contributed by atoms with E-state index in [2.05, 4.69) is 0 Å². The van der Waals surface area contributed by atoms with Gasteiger partial charge in [0.25, 0.3) is 0 Å². The molecule has 0 aromatic heterocycles. The number of anilines is 1. The number of rotatable bonds is 0. The van der Waals surface area contributed by atoms with E-state index >= 15 is 0 Å². The van der Waals surface area contributed by atoms with Gasteiger partial charge in [-0.05, 0) is 12.1 Å². The lowest BCUT2D eigenvalue weighted by Gasteiger charge is -1.83. The number of nitrogen functional groups attached to an aromatic ring is 1. The largest absolute Gasteiger partial charge is 0.399 e. The Morgan fingerprint density at radius 1 is 1.00 bits per heavy atom. The van der Waals surface area contributed by atoms with Gasteiger partial charge in [0.2, 0.25) is 0 Å². The number of hydrogen-bond acceptors (Lipinski definition) is 1. The third-order valence-corrected chi connectivity index (χ3v) is 0.800. The zero-order chi connectivity index (χ0) is 5.11. The minimum Gasteiger partial charge on any atom is -0.399 e. The average Bonchev–Trinajstić information content (AvgIpc) is 1.69. The quantitative estimate of drug-likeness (QED) is 0.653. The SMILES string of the molecule is Br.Cl.Nc1ccccc1. The Labute approximate surface area is 71.4 Å². The molecule has 0 atom stereocenters. The van der Waals surface area contributed by atoms with Crippen LogP contribution in [-0.2, 0) is 0 Å². The highest BCUT2D eigenvalue weighted by atomic mass is 79.9. The van der Waals surface area contributed by atoms with Crippen LogP contribution in [0.15, 0.2) is 30.3 Å². The van der Waals surface area contributed by atoms with Gasteiger partial charge >= 0.3 is 0 Å². The van der Waals surface area contributed by atoms with Crippen LogP contribution in [0, 0.1) is 0 Å². The van der Waals surface area contributed by atoms with Crippen LogP contribution >= 0.6 is 29.4 Å². The smallest absolute Gasteiger partial charge is 0.0313 e. The molecule has 1 rings (SSSR count). The van der Waals surface area contributed by atoms with Crippen LogP contribution in [0.5, 0.6) is 0 Å². The van der Waals surface area contributed by atoms with Crippen molar-refractivity contribution in [1.82, 2.24) is 0 Å². The Kier molecular flexibility index (Phi) is 7.61. The van der Waals surface area contributed by atoms with Crippen molar-refractivity contribution in [3.63, 3.8) is 0 Å². The van der Waals surface area contributed by atoms with Crippen molar-refractivity contribution in [3.8, 4) is 0 Å². The molecule has 2 N–H and O–H groups in total. The van der Waals surface area contributed by atoms with Crippen molar-refractivity contribution in [2.45, 2.75) is 0 Å². The first-order chi connectivity index (χ1) is 3.39. The van der Waals surface area contributed by atoms with Crippen LogP contribution in [0.2, 0.25) is 0 Å². The zero-order valence-electron chi connectivity index (χ0n) is 4.78. The van der Waals surface area contributed by atoms with Crippen molar-refractivity contribution >= 4 is 35.1 Å². The predicted octanol–water partition coefficient (Wildman–Crippen LogP) is 2.27. The van der Waals surface area contributed by atoms with E-state index in [-0.39, 0.29) is 29.4 Å². The minimum atomic E-state index is 0. The van der Waals surface area contributed by atoms with Gasteiger partial charge in [-0.3, -0.25) is 0 Å². The fraction of sp³-hybridized carbons (Fsp3) is 0. The van der Waals surface area contributed by atoms with Crippen LogP contribution in [0.4, 0.5) is 5.69 Å². The van der Waals surface area contributed by atoms with E-state index in [1.165, 1.54) is 0 Å². The molecular weight excluding hydrogens is 201 g/mol. The third kappa shape index (κ3) is 4.30. The number of nitrogens with two attached hydrogens (primary N) is 1. The Balaban J connectivity index is 0. The summed E-state index contributed by atoms with van der Waals surface area (Å²) in [7, 11) is 0. The molecular formula is C6H9BrClN. The molecule has 0 aliphatic carbocycles. The lowest BCUT2D eigenvalue weighted by molar-refractivity contribution is 1.69. The molecule has 3 heteroatoms. The van der Waals surface area contributed by atoms with Crippen LogP contribution in [0.25, 0.3) is 0 Å². The molecule has 52 valence electrons. The number of benzene rings is 1. The van der Waals surface area contributed by atoms with Gasteiger partial charge in [0.1, 0.15) is 0 Å². The average molecular weight is 211 g/mol. The Morgan fingerprint density at radius 2 is 1.44 bits per heavy atom. The summed E-state index contributed by atoms with van der Waals surface area (Å²) < 4.78 is 0. The molecule has 0 aliphatic heterocycles. The molecule has 0 bridgehead atoms. The van der Waals surface area contributed by atoms with E-state index in [4.69, 9.17) is 5.73 Å². The van der Waals surface area contributed by atoms with Crippen molar-refractivity contribution in [2.75, 3.05) is 5.73 Å². The molecule has 0 unspecified atom stereocenters. The van der Waals surface area contributed by atoms with E-state index in [0.717, 1.165) is 5.69 Å². The maximum absolute atomic E-state index is 5.36. The second-order valence-electron chi connectivity index (χ2n) is 1.41. The van der Waals surface area contributed by atoms with Gasteiger partial charge in [0.15, 0.2) is 0 Å². The first-order valence-electron chi connectivity index (χ1n) is 2.20. The summed E-state index contributed by atoms with van der Waals surface area (Å²) in [5.74, 6) is 0. The van der Waals surface area contributed by atoms with E-state index in [1.807, 2.05) is 30.3 Å². The summed E-state index contributed by atoms with van der Waals surface area (Å²) >= 11 is 0. The second kappa shape index (κ2) is 5.92. The van der Waals surface area contributed by atoms with Crippen molar-refractivity contribution in [2.24, 2.45) is 0 Å². The number of hydrogen-bond donors (Lipinski definition) is 1. The van der Waals surface area contributed by atoms with Crippen molar-refractivity contribution < 1.29 is 0 Å². The van der Waals surface area contributed by atoms with Gasteiger partial charge in [-0.2, -0.15) is 0 Å². The summed E-state index contributed by atoms with van der Waals surface area (Å²) in [6.07, 6.45) is 0. The standard InChI is InChI=1S/C6H7N.BrH.ClH/c7-6-4-2-1-3-5-6;;/h1-5H,7H2;2*1H. The van der Waals surface area contributed by atoms with E-state index in [1.54, 1.807) is 0 Å². The zero-order valence-corrected chi connectivity index (χ0v) is 7.31. The van der Waals surface area contributed by atoms with Gasteiger partial charge in [-0.25, -0.2) is 0 Å². The Morgan fingerprint density at radius 3 is 1.67 bits per heavy atom. The van der Waals surface area contributed by atoms with Crippen LogP contribution in [0.1, 0.15) is 0 Å². The maximum Gasteiger partial charge on any atom is 0.0313 e. The fourth-order valence-electron chi connectivity index (χ4n) is 0.453. The topological polar surface area (TPSA) is 26.0 Å². The normalized spacial score (nSPS) is 6.67. The first kappa shape index (κ1) is 11.6. The summed E-state index contributed by atoms with van der Waals surface area (Å²) in [6, 6.07) is 9.49. The lowest BCUT2D eigenvalue weighted by Crippen LogP contribution is -1.79. The molecule has 0 aliphatic rings. The van der Waals surface area contributed by atoms with E-state index in [0.29, 0.717) is 0 Å². The number of para-hydroxylation sites is 1. The van der Waals surface area contributed by atoms with Crippen LogP contribution in [0.3, 0.4) is 0 Å². The maximum atomic E-state index is 5.36. The number of halogens is 2. The second-order valence-corrected chi connectivity index (χ2v) is 1.41. The third-order valence-electron chi connectivity index (χ3n) is 0.800. The van der Waals surface area contributed by atoms with Crippen molar-refractivity contribution in [1.29, 1.82) is 0 Å². The highest BCUT2D eigenvalue weighted by Gasteiger charge is 1.72. The lowest BCUT2D eigenvalue weighted by atomic mass is 10.3. The molecule has 0 amide bonds. The highest BCUT2D eigenvalue weighted by Crippen LogP contribution is 1.95. The molecule has 0 spiro atoms. The Hall–Kier alpha value is -0.210. The minimum absolute atomic E-state index is 0. The molecule has 0 saturated carbocycles. The molecule has 0 fully saturated rings. The van der Waals surface area contributed by atoms with E-state index < -0.39 is 0 Å². The summed E-state index contributed by atoms with van der Waals surface area (Å²) in [4.78, 5) is 0. The molecule has 1 aromatic carbocycles. The molecule has 1 nitrogen and oxygen atoms in total. The van der Waals surface area contributed by atoms with Crippen LogP contribution < -0.4 is 5.73 Å².